The molecule has 128 valence electrons. The molecule has 0 saturated carbocycles. The van der Waals surface area contributed by atoms with Crippen LogP contribution in [0.25, 0.3) is 0 Å². The van der Waals surface area contributed by atoms with E-state index in [0.717, 1.165) is 37.8 Å². The number of anilines is 1. The molecule has 0 aromatic heterocycles. The number of rotatable bonds is 4. The van der Waals surface area contributed by atoms with E-state index in [4.69, 9.17) is 0 Å². The molecule has 0 atom stereocenters. The summed E-state index contributed by atoms with van der Waals surface area (Å²) in [5, 5.41) is 3.05. The SMILES string of the molecule is Cc1ccc(C(=O)NC2CCN(C)CC2)cc1N(C)S(C)(=O)=O. The lowest BCUT2D eigenvalue weighted by Crippen LogP contribution is -2.43. The molecule has 7 heteroatoms. The first-order valence-corrected chi connectivity index (χ1v) is 9.57. The summed E-state index contributed by atoms with van der Waals surface area (Å²) >= 11 is 0. The summed E-state index contributed by atoms with van der Waals surface area (Å²) in [6, 6.07) is 5.33. The molecule has 1 fully saturated rings. The number of piperidine rings is 1. The summed E-state index contributed by atoms with van der Waals surface area (Å²) in [5.74, 6) is -0.150. The van der Waals surface area contributed by atoms with Crippen molar-refractivity contribution in [3.63, 3.8) is 0 Å². The van der Waals surface area contributed by atoms with E-state index in [1.807, 2.05) is 6.92 Å². The van der Waals surface area contributed by atoms with Crippen LogP contribution < -0.4 is 9.62 Å². The topological polar surface area (TPSA) is 69.7 Å². The summed E-state index contributed by atoms with van der Waals surface area (Å²) in [5.41, 5.74) is 1.83. The van der Waals surface area contributed by atoms with Gasteiger partial charge in [0, 0.05) is 18.7 Å². The van der Waals surface area contributed by atoms with Gasteiger partial charge in [0.1, 0.15) is 0 Å². The van der Waals surface area contributed by atoms with Crippen molar-refractivity contribution in [3.8, 4) is 0 Å². The van der Waals surface area contributed by atoms with Crippen LogP contribution in [0.2, 0.25) is 0 Å². The number of benzene rings is 1. The van der Waals surface area contributed by atoms with Crippen LogP contribution in [-0.4, -0.2) is 58.7 Å². The van der Waals surface area contributed by atoms with Crippen molar-refractivity contribution in [2.24, 2.45) is 0 Å². The summed E-state index contributed by atoms with van der Waals surface area (Å²) in [6.07, 6.45) is 3.02. The van der Waals surface area contributed by atoms with Crippen LogP contribution >= 0.6 is 0 Å². The average molecular weight is 339 g/mol. The van der Waals surface area contributed by atoms with Gasteiger partial charge in [0.2, 0.25) is 10.0 Å². The number of likely N-dealkylation sites (tertiary alicyclic amines) is 1. The first kappa shape index (κ1) is 17.7. The average Bonchev–Trinajstić information content (AvgIpc) is 2.48. The Balaban J connectivity index is 2.15. The van der Waals surface area contributed by atoms with Gasteiger partial charge in [0.25, 0.3) is 5.91 Å². The fourth-order valence-corrected chi connectivity index (χ4v) is 3.24. The van der Waals surface area contributed by atoms with E-state index in [1.54, 1.807) is 18.2 Å². The molecule has 2 rings (SSSR count). The van der Waals surface area contributed by atoms with E-state index in [9.17, 15) is 13.2 Å². The van der Waals surface area contributed by atoms with Crippen LogP contribution in [0.4, 0.5) is 5.69 Å². The van der Waals surface area contributed by atoms with Gasteiger partial charge in [0.05, 0.1) is 11.9 Å². The number of carbonyl (C=O) groups is 1. The fourth-order valence-electron chi connectivity index (χ4n) is 2.69. The predicted octanol–water partition coefficient (Wildman–Crippen LogP) is 1.21. The first-order valence-electron chi connectivity index (χ1n) is 7.72. The van der Waals surface area contributed by atoms with Crippen LogP contribution in [0.15, 0.2) is 18.2 Å². The van der Waals surface area contributed by atoms with E-state index in [0.29, 0.717) is 11.3 Å². The van der Waals surface area contributed by atoms with Crippen LogP contribution in [0.1, 0.15) is 28.8 Å². The molecule has 6 nitrogen and oxygen atoms in total. The lowest BCUT2D eigenvalue weighted by molar-refractivity contribution is 0.0917. The monoisotopic (exact) mass is 339 g/mol. The van der Waals surface area contributed by atoms with Crippen molar-refractivity contribution in [2.45, 2.75) is 25.8 Å². The van der Waals surface area contributed by atoms with Crippen molar-refractivity contribution in [1.29, 1.82) is 0 Å². The number of sulfonamides is 1. The molecule has 1 aromatic carbocycles. The van der Waals surface area contributed by atoms with Gasteiger partial charge in [-0.1, -0.05) is 6.07 Å². The van der Waals surface area contributed by atoms with E-state index in [1.165, 1.54) is 11.4 Å². The highest BCUT2D eigenvalue weighted by molar-refractivity contribution is 7.92. The van der Waals surface area contributed by atoms with Crippen LogP contribution in [0, 0.1) is 6.92 Å². The minimum Gasteiger partial charge on any atom is -0.349 e. The van der Waals surface area contributed by atoms with Crippen molar-refractivity contribution in [1.82, 2.24) is 10.2 Å². The summed E-state index contributed by atoms with van der Waals surface area (Å²) in [7, 11) is 0.213. The van der Waals surface area contributed by atoms with Crippen LogP contribution in [0.3, 0.4) is 0 Å². The number of hydrogen-bond acceptors (Lipinski definition) is 4. The third-order valence-corrected chi connectivity index (χ3v) is 5.55. The largest absolute Gasteiger partial charge is 0.349 e. The van der Waals surface area contributed by atoms with Gasteiger partial charge in [-0.2, -0.15) is 0 Å². The molecule has 0 bridgehead atoms. The zero-order chi connectivity index (χ0) is 17.2. The maximum Gasteiger partial charge on any atom is 0.251 e. The van der Waals surface area contributed by atoms with E-state index < -0.39 is 10.0 Å². The van der Waals surface area contributed by atoms with Crippen molar-refractivity contribution in [3.05, 3.63) is 29.3 Å². The van der Waals surface area contributed by atoms with Gasteiger partial charge in [-0.25, -0.2) is 8.42 Å². The Kier molecular flexibility index (Phi) is 5.31. The Labute approximate surface area is 138 Å². The molecular weight excluding hydrogens is 314 g/mol. The second kappa shape index (κ2) is 6.88. The summed E-state index contributed by atoms with van der Waals surface area (Å²) in [6.45, 7) is 3.78. The molecule has 0 aliphatic carbocycles. The zero-order valence-electron chi connectivity index (χ0n) is 14.2. The van der Waals surface area contributed by atoms with Gasteiger partial charge < -0.3 is 10.2 Å². The maximum atomic E-state index is 12.4. The number of nitrogens with one attached hydrogen (secondary N) is 1. The molecule has 1 N–H and O–H groups in total. The summed E-state index contributed by atoms with van der Waals surface area (Å²) < 4.78 is 24.7. The van der Waals surface area contributed by atoms with E-state index >= 15 is 0 Å². The van der Waals surface area contributed by atoms with Gasteiger partial charge in [0.15, 0.2) is 0 Å². The molecule has 1 heterocycles. The summed E-state index contributed by atoms with van der Waals surface area (Å²) in [4.78, 5) is 14.7. The lowest BCUT2D eigenvalue weighted by Gasteiger charge is -2.29. The second-order valence-electron chi connectivity index (χ2n) is 6.28. The minimum atomic E-state index is -3.36. The van der Waals surface area contributed by atoms with Crippen molar-refractivity contribution < 1.29 is 13.2 Å². The number of carbonyl (C=O) groups excluding carboxylic acids is 1. The molecule has 1 aromatic rings. The predicted molar refractivity (Wildman–Crippen MR) is 92.4 cm³/mol. The second-order valence-corrected chi connectivity index (χ2v) is 8.30. The first-order chi connectivity index (χ1) is 10.7. The molecule has 1 saturated heterocycles. The molecular formula is C16H25N3O3S. The van der Waals surface area contributed by atoms with Crippen LogP contribution in [-0.2, 0) is 10.0 Å². The Hall–Kier alpha value is -1.60. The van der Waals surface area contributed by atoms with Gasteiger partial charge >= 0.3 is 0 Å². The molecule has 0 spiro atoms. The Morgan fingerprint density at radius 3 is 2.48 bits per heavy atom. The smallest absolute Gasteiger partial charge is 0.251 e. The van der Waals surface area contributed by atoms with Gasteiger partial charge in [-0.3, -0.25) is 9.10 Å². The third kappa shape index (κ3) is 4.45. The molecule has 23 heavy (non-hydrogen) atoms. The molecule has 1 amide bonds. The van der Waals surface area contributed by atoms with Gasteiger partial charge in [-0.05, 0) is 57.6 Å². The van der Waals surface area contributed by atoms with Crippen LogP contribution in [0.5, 0.6) is 0 Å². The highest BCUT2D eigenvalue weighted by Gasteiger charge is 2.21. The van der Waals surface area contributed by atoms with E-state index in [2.05, 4.69) is 17.3 Å². The minimum absolute atomic E-state index is 0.150. The molecule has 1 aliphatic heterocycles. The normalized spacial score (nSPS) is 17.0. The number of nitrogens with zero attached hydrogens (tertiary/aromatic N) is 2. The Morgan fingerprint density at radius 1 is 1.30 bits per heavy atom. The standard InChI is InChI=1S/C16H25N3O3S/c1-12-5-6-13(11-15(12)19(3)23(4,21)22)16(20)17-14-7-9-18(2)10-8-14/h5-6,11,14H,7-10H2,1-4H3,(H,17,20). The maximum absolute atomic E-state index is 12.4. The number of aryl methyl sites for hydroxylation is 1. The Morgan fingerprint density at radius 2 is 1.91 bits per heavy atom. The van der Waals surface area contributed by atoms with Crippen molar-refractivity contribution >= 4 is 21.6 Å². The molecule has 0 radical (unpaired) electrons. The molecule has 1 aliphatic rings. The highest BCUT2D eigenvalue weighted by Crippen LogP contribution is 2.23. The van der Waals surface area contributed by atoms with Gasteiger partial charge in [-0.15, -0.1) is 0 Å². The van der Waals surface area contributed by atoms with Crippen molar-refractivity contribution in [2.75, 3.05) is 37.7 Å². The zero-order valence-corrected chi connectivity index (χ0v) is 15.0. The quantitative estimate of drug-likeness (QED) is 0.895. The number of hydrogen-bond donors (Lipinski definition) is 1. The Bertz CT molecular complexity index is 680. The fraction of sp³-hybridized carbons (Fsp3) is 0.562. The third-order valence-electron chi connectivity index (χ3n) is 4.36. The number of amides is 1. The highest BCUT2D eigenvalue weighted by atomic mass is 32.2. The lowest BCUT2D eigenvalue weighted by atomic mass is 10.0. The van der Waals surface area contributed by atoms with E-state index in [-0.39, 0.29) is 11.9 Å². The molecule has 0 unspecified atom stereocenters.